The topological polar surface area (TPSA) is 80.1 Å². The molecular weight excluding hydrogens is 266 g/mol. The van der Waals surface area contributed by atoms with Crippen molar-refractivity contribution in [2.45, 2.75) is 32.4 Å². The lowest BCUT2D eigenvalue weighted by Gasteiger charge is -2.30. The number of nitrogens with one attached hydrogen (secondary N) is 1. The molecule has 19 heavy (non-hydrogen) atoms. The maximum absolute atomic E-state index is 11.4. The van der Waals surface area contributed by atoms with Crippen LogP contribution in [0.25, 0.3) is 0 Å². The Kier molecular flexibility index (Phi) is 4.22. The molecule has 0 atom stereocenters. The molecule has 1 saturated heterocycles. The van der Waals surface area contributed by atoms with Gasteiger partial charge in [0.15, 0.2) is 0 Å². The van der Waals surface area contributed by atoms with Gasteiger partial charge in [0.2, 0.25) is 10.0 Å². The van der Waals surface area contributed by atoms with Gasteiger partial charge in [0.05, 0.1) is 12.8 Å². The molecular formula is C11H21N5O2S. The second-order valence-electron chi connectivity index (χ2n) is 5.04. The van der Waals surface area contributed by atoms with Crippen molar-refractivity contribution < 1.29 is 8.42 Å². The average Bonchev–Trinajstić information content (AvgIpc) is 2.67. The summed E-state index contributed by atoms with van der Waals surface area (Å²) in [5.41, 5.74) is 0. The summed E-state index contributed by atoms with van der Waals surface area (Å²) in [4.78, 5) is 0. The van der Waals surface area contributed by atoms with Crippen molar-refractivity contribution in [1.82, 2.24) is 24.4 Å². The predicted octanol–water partition coefficient (Wildman–Crippen LogP) is -0.363. The van der Waals surface area contributed by atoms with Crippen LogP contribution in [0.2, 0.25) is 0 Å². The van der Waals surface area contributed by atoms with Crippen LogP contribution in [0, 0.1) is 6.92 Å². The molecule has 0 aromatic carbocycles. The highest BCUT2D eigenvalue weighted by Gasteiger charge is 2.24. The minimum absolute atomic E-state index is 0.343. The van der Waals surface area contributed by atoms with Gasteiger partial charge in [-0.05, 0) is 19.8 Å². The molecule has 1 aromatic rings. The van der Waals surface area contributed by atoms with E-state index >= 15 is 0 Å². The molecule has 7 nitrogen and oxygen atoms in total. The normalized spacial score (nSPS) is 18.9. The van der Waals surface area contributed by atoms with E-state index in [0.717, 1.165) is 24.5 Å². The SMILES string of the molecule is Cc1nnc(CNC2CCN(S(C)(=O)=O)CC2)n1C. The molecule has 2 rings (SSSR count). The smallest absolute Gasteiger partial charge is 0.211 e. The van der Waals surface area contributed by atoms with Crippen LogP contribution in [0.3, 0.4) is 0 Å². The van der Waals surface area contributed by atoms with E-state index in [4.69, 9.17) is 0 Å². The minimum Gasteiger partial charge on any atom is -0.317 e. The third-order valence-corrected chi connectivity index (χ3v) is 4.96. The van der Waals surface area contributed by atoms with E-state index in [1.165, 1.54) is 10.6 Å². The van der Waals surface area contributed by atoms with Crippen LogP contribution < -0.4 is 5.32 Å². The van der Waals surface area contributed by atoms with Crippen molar-refractivity contribution in [2.24, 2.45) is 7.05 Å². The Balaban J connectivity index is 1.82. The summed E-state index contributed by atoms with van der Waals surface area (Å²) < 4.78 is 26.3. The quantitative estimate of drug-likeness (QED) is 0.818. The molecule has 0 unspecified atom stereocenters. The van der Waals surface area contributed by atoms with Gasteiger partial charge in [-0.25, -0.2) is 12.7 Å². The van der Waals surface area contributed by atoms with Gasteiger partial charge in [-0.3, -0.25) is 0 Å². The van der Waals surface area contributed by atoms with E-state index in [0.29, 0.717) is 25.7 Å². The lowest BCUT2D eigenvalue weighted by Crippen LogP contribution is -2.44. The van der Waals surface area contributed by atoms with Gasteiger partial charge in [0.1, 0.15) is 11.6 Å². The standard InChI is InChI=1S/C11H21N5O2S/c1-9-13-14-11(15(9)2)8-12-10-4-6-16(7-5-10)19(3,17)18/h10,12H,4-8H2,1-3H3. The van der Waals surface area contributed by atoms with E-state index in [9.17, 15) is 8.42 Å². The highest BCUT2D eigenvalue weighted by Crippen LogP contribution is 2.13. The molecule has 108 valence electrons. The van der Waals surface area contributed by atoms with Gasteiger partial charge in [0, 0.05) is 26.2 Å². The van der Waals surface area contributed by atoms with Gasteiger partial charge in [0.25, 0.3) is 0 Å². The second kappa shape index (κ2) is 5.56. The number of hydrogen-bond acceptors (Lipinski definition) is 5. The van der Waals surface area contributed by atoms with Gasteiger partial charge < -0.3 is 9.88 Å². The van der Waals surface area contributed by atoms with Crippen LogP contribution in [-0.4, -0.2) is 52.9 Å². The summed E-state index contributed by atoms with van der Waals surface area (Å²) in [5, 5.41) is 11.5. The minimum atomic E-state index is -3.04. The lowest BCUT2D eigenvalue weighted by atomic mass is 10.1. The summed E-state index contributed by atoms with van der Waals surface area (Å²) in [6.45, 7) is 3.77. The molecule has 0 radical (unpaired) electrons. The molecule has 1 aromatic heterocycles. The van der Waals surface area contributed by atoms with E-state index in [2.05, 4.69) is 15.5 Å². The summed E-state index contributed by atoms with van der Waals surface area (Å²) in [7, 11) is -1.10. The molecule has 1 aliphatic heterocycles. The third kappa shape index (κ3) is 3.52. The first kappa shape index (κ1) is 14.4. The Bertz CT molecular complexity index is 531. The highest BCUT2D eigenvalue weighted by atomic mass is 32.2. The largest absolute Gasteiger partial charge is 0.317 e. The van der Waals surface area contributed by atoms with E-state index in [-0.39, 0.29) is 0 Å². The third-order valence-electron chi connectivity index (χ3n) is 3.65. The zero-order valence-electron chi connectivity index (χ0n) is 11.6. The van der Waals surface area contributed by atoms with E-state index in [1.807, 2.05) is 18.5 Å². The molecule has 2 heterocycles. The highest BCUT2D eigenvalue weighted by molar-refractivity contribution is 7.88. The second-order valence-corrected chi connectivity index (χ2v) is 7.02. The van der Waals surface area contributed by atoms with Crippen molar-refractivity contribution in [1.29, 1.82) is 0 Å². The van der Waals surface area contributed by atoms with Crippen molar-refractivity contribution in [3.63, 3.8) is 0 Å². The first-order valence-electron chi connectivity index (χ1n) is 6.41. The number of aromatic nitrogens is 3. The van der Waals surface area contributed by atoms with Crippen LogP contribution in [0.5, 0.6) is 0 Å². The molecule has 0 saturated carbocycles. The van der Waals surface area contributed by atoms with Crippen LogP contribution in [0.4, 0.5) is 0 Å². The first-order valence-corrected chi connectivity index (χ1v) is 8.26. The Morgan fingerprint density at radius 3 is 2.42 bits per heavy atom. The van der Waals surface area contributed by atoms with Crippen molar-refractivity contribution >= 4 is 10.0 Å². The summed E-state index contributed by atoms with van der Waals surface area (Å²) >= 11 is 0. The van der Waals surface area contributed by atoms with E-state index in [1.54, 1.807) is 0 Å². The van der Waals surface area contributed by atoms with Crippen LogP contribution in [0.1, 0.15) is 24.5 Å². The number of nitrogens with zero attached hydrogens (tertiary/aromatic N) is 4. The van der Waals surface area contributed by atoms with Crippen LogP contribution in [-0.2, 0) is 23.6 Å². The molecule has 0 amide bonds. The average molecular weight is 287 g/mol. The Labute approximate surface area is 114 Å². The molecule has 0 spiro atoms. The predicted molar refractivity (Wildman–Crippen MR) is 72.0 cm³/mol. The molecule has 0 bridgehead atoms. The molecule has 8 heteroatoms. The summed E-state index contributed by atoms with van der Waals surface area (Å²) in [6, 6.07) is 0.343. The van der Waals surface area contributed by atoms with E-state index < -0.39 is 10.0 Å². The summed E-state index contributed by atoms with van der Waals surface area (Å²) in [6.07, 6.45) is 2.94. The molecule has 1 fully saturated rings. The fraction of sp³-hybridized carbons (Fsp3) is 0.818. The van der Waals surface area contributed by atoms with Gasteiger partial charge >= 0.3 is 0 Å². The zero-order chi connectivity index (χ0) is 14.0. The number of sulfonamides is 1. The van der Waals surface area contributed by atoms with Crippen LogP contribution in [0.15, 0.2) is 0 Å². The summed E-state index contributed by atoms with van der Waals surface area (Å²) in [5.74, 6) is 1.80. The number of hydrogen-bond donors (Lipinski definition) is 1. The van der Waals surface area contributed by atoms with Gasteiger partial charge in [-0.2, -0.15) is 0 Å². The van der Waals surface area contributed by atoms with Crippen LogP contribution >= 0.6 is 0 Å². The monoisotopic (exact) mass is 287 g/mol. The van der Waals surface area contributed by atoms with Crippen molar-refractivity contribution in [3.05, 3.63) is 11.6 Å². The Hall–Kier alpha value is -0.990. The van der Waals surface area contributed by atoms with Crippen molar-refractivity contribution in [2.75, 3.05) is 19.3 Å². The fourth-order valence-electron chi connectivity index (χ4n) is 2.23. The fourth-order valence-corrected chi connectivity index (χ4v) is 3.11. The first-order chi connectivity index (χ1) is 8.88. The molecule has 1 aliphatic rings. The number of rotatable bonds is 4. The Morgan fingerprint density at radius 1 is 1.32 bits per heavy atom. The maximum Gasteiger partial charge on any atom is 0.211 e. The maximum atomic E-state index is 11.4. The number of piperidine rings is 1. The molecule has 0 aliphatic carbocycles. The van der Waals surface area contributed by atoms with Gasteiger partial charge in [-0.1, -0.05) is 0 Å². The molecule has 1 N–H and O–H groups in total. The Morgan fingerprint density at radius 2 is 1.95 bits per heavy atom. The van der Waals surface area contributed by atoms with Crippen molar-refractivity contribution in [3.8, 4) is 0 Å². The number of aryl methyl sites for hydroxylation is 1. The zero-order valence-corrected chi connectivity index (χ0v) is 12.4. The lowest BCUT2D eigenvalue weighted by molar-refractivity contribution is 0.288. The van der Waals surface area contributed by atoms with Gasteiger partial charge in [-0.15, -0.1) is 10.2 Å².